The Hall–Kier alpha value is -5.30. The molecule has 1 aliphatic heterocycles. The molecule has 184 valence electrons. The molecular weight excluding hydrogens is 479 g/mol. The summed E-state index contributed by atoms with van der Waals surface area (Å²) in [5.41, 5.74) is 0.696. The topological polar surface area (TPSA) is 129 Å². The van der Waals surface area contributed by atoms with Crippen LogP contribution in [0.25, 0.3) is 0 Å². The smallest absolute Gasteiger partial charge is 0.335 e. The number of amides is 5. The van der Waals surface area contributed by atoms with Crippen LogP contribution >= 0.6 is 0 Å². The summed E-state index contributed by atoms with van der Waals surface area (Å²) in [4.78, 5) is 51.4. The molecule has 10 heteroatoms. The van der Waals surface area contributed by atoms with Crippen LogP contribution in [0.15, 0.2) is 83.9 Å². The van der Waals surface area contributed by atoms with E-state index in [1.54, 1.807) is 6.07 Å². The van der Waals surface area contributed by atoms with Gasteiger partial charge >= 0.3 is 6.03 Å². The maximum atomic E-state index is 13.1. The number of nitrogens with zero attached hydrogens (tertiary/aromatic N) is 2. The summed E-state index contributed by atoms with van der Waals surface area (Å²) in [7, 11) is 0. The van der Waals surface area contributed by atoms with Gasteiger partial charge in [-0.2, -0.15) is 5.26 Å². The maximum Gasteiger partial charge on any atom is 0.335 e. The van der Waals surface area contributed by atoms with E-state index in [0.717, 1.165) is 23.3 Å². The summed E-state index contributed by atoms with van der Waals surface area (Å²) in [6.07, 6.45) is 0. The molecular formula is C27H19FN4O5. The molecule has 37 heavy (non-hydrogen) atoms. The number of hydrogen-bond donors (Lipinski definition) is 2. The molecule has 0 atom stereocenters. The van der Waals surface area contributed by atoms with Gasteiger partial charge in [-0.15, -0.1) is 0 Å². The van der Waals surface area contributed by atoms with Crippen molar-refractivity contribution in [2.75, 3.05) is 10.2 Å². The molecule has 1 saturated heterocycles. The van der Waals surface area contributed by atoms with Gasteiger partial charge in [-0.1, -0.05) is 29.8 Å². The van der Waals surface area contributed by atoms with Gasteiger partial charge < -0.3 is 10.1 Å². The highest BCUT2D eigenvalue weighted by Gasteiger charge is 2.40. The van der Waals surface area contributed by atoms with E-state index in [1.807, 2.05) is 36.5 Å². The largest absolute Gasteiger partial charge is 0.489 e. The second-order valence-corrected chi connectivity index (χ2v) is 7.99. The molecule has 1 fully saturated rings. The fraction of sp³-hybridized carbons (Fsp3) is 0.0741. The molecule has 0 unspecified atom stereocenters. The molecule has 5 amide bonds. The third-order valence-electron chi connectivity index (χ3n) is 5.38. The molecule has 0 aliphatic carbocycles. The number of anilines is 2. The van der Waals surface area contributed by atoms with E-state index in [4.69, 9.17) is 4.74 Å². The summed E-state index contributed by atoms with van der Waals surface area (Å²) in [6, 6.07) is 18.9. The fourth-order valence-electron chi connectivity index (χ4n) is 3.46. The highest BCUT2D eigenvalue weighted by Crippen LogP contribution is 2.25. The quantitative estimate of drug-likeness (QED) is 0.303. The van der Waals surface area contributed by atoms with Crippen LogP contribution in [-0.2, 0) is 21.0 Å². The molecule has 1 aliphatic rings. The Morgan fingerprint density at radius 3 is 2.27 bits per heavy atom. The van der Waals surface area contributed by atoms with E-state index in [0.29, 0.717) is 17.3 Å². The lowest BCUT2D eigenvalue weighted by atomic mass is 10.0. The van der Waals surface area contributed by atoms with Gasteiger partial charge in [0.15, 0.2) is 0 Å². The minimum atomic E-state index is -1.19. The van der Waals surface area contributed by atoms with Gasteiger partial charge in [0.25, 0.3) is 17.7 Å². The van der Waals surface area contributed by atoms with Gasteiger partial charge in [-0.25, -0.2) is 14.1 Å². The van der Waals surface area contributed by atoms with E-state index >= 15 is 0 Å². The summed E-state index contributed by atoms with van der Waals surface area (Å²) in [5.74, 6) is -3.47. The molecule has 4 rings (SSSR count). The van der Waals surface area contributed by atoms with Crippen LogP contribution in [0, 0.1) is 24.1 Å². The van der Waals surface area contributed by atoms with Crippen LogP contribution in [0.4, 0.5) is 20.6 Å². The number of urea groups is 1. The van der Waals surface area contributed by atoms with Crippen LogP contribution in [0.3, 0.4) is 0 Å². The standard InChI is InChI=1S/C27H19FN4O5/c1-16-2-4-17(5-3-16)15-37-21-12-10-20(11-13-21)32-26(35)23(25(34)31-27(32)36)22(14-29)24(33)30-19-8-6-18(28)7-9-19/h2-13H,15H2,1H3,(H,30,33)(H,31,34,36)/b23-22+. The fourth-order valence-corrected chi connectivity index (χ4v) is 3.46. The molecule has 2 N–H and O–H groups in total. The van der Waals surface area contributed by atoms with E-state index in [-0.39, 0.29) is 11.4 Å². The third kappa shape index (κ3) is 5.52. The number of ether oxygens (including phenoxy) is 1. The Morgan fingerprint density at radius 1 is 1.00 bits per heavy atom. The molecule has 3 aromatic carbocycles. The van der Waals surface area contributed by atoms with Crippen molar-refractivity contribution in [3.05, 3.63) is 101 Å². The number of carbonyl (C=O) groups is 4. The van der Waals surface area contributed by atoms with E-state index < -0.39 is 40.7 Å². The number of rotatable bonds is 6. The lowest BCUT2D eigenvalue weighted by Crippen LogP contribution is -2.55. The number of imide groups is 2. The van der Waals surface area contributed by atoms with Crippen molar-refractivity contribution in [2.24, 2.45) is 0 Å². The number of nitriles is 1. The number of carbonyl (C=O) groups excluding carboxylic acids is 4. The van der Waals surface area contributed by atoms with Crippen molar-refractivity contribution < 1.29 is 28.3 Å². The zero-order valence-electron chi connectivity index (χ0n) is 19.4. The molecule has 0 bridgehead atoms. The first-order valence-electron chi connectivity index (χ1n) is 11.0. The first-order valence-corrected chi connectivity index (χ1v) is 11.0. The predicted molar refractivity (Wildman–Crippen MR) is 131 cm³/mol. The van der Waals surface area contributed by atoms with Gasteiger partial charge in [0.2, 0.25) is 0 Å². The first kappa shape index (κ1) is 24.8. The molecule has 1 heterocycles. The van der Waals surface area contributed by atoms with Crippen LogP contribution < -0.4 is 20.3 Å². The molecule has 0 saturated carbocycles. The highest BCUT2D eigenvalue weighted by molar-refractivity contribution is 6.40. The molecule has 3 aromatic rings. The normalized spacial score (nSPS) is 14.5. The van der Waals surface area contributed by atoms with Gasteiger partial charge in [-0.3, -0.25) is 19.7 Å². The minimum Gasteiger partial charge on any atom is -0.489 e. The summed E-state index contributed by atoms with van der Waals surface area (Å²) in [5, 5.41) is 13.8. The van der Waals surface area contributed by atoms with Gasteiger partial charge in [-0.05, 0) is 61.0 Å². The van der Waals surface area contributed by atoms with Gasteiger partial charge in [0, 0.05) is 5.69 Å². The maximum absolute atomic E-state index is 13.1. The average molecular weight is 498 g/mol. The Labute approximate surface area is 210 Å². The average Bonchev–Trinajstić information content (AvgIpc) is 2.88. The molecule has 9 nitrogen and oxygen atoms in total. The number of hydrogen-bond acceptors (Lipinski definition) is 6. The lowest BCUT2D eigenvalue weighted by Gasteiger charge is -2.26. The van der Waals surface area contributed by atoms with Crippen molar-refractivity contribution in [2.45, 2.75) is 13.5 Å². The van der Waals surface area contributed by atoms with Crippen molar-refractivity contribution >= 4 is 35.1 Å². The van der Waals surface area contributed by atoms with Gasteiger partial charge in [0.05, 0.1) is 5.69 Å². The number of nitrogens with one attached hydrogen (secondary N) is 2. The summed E-state index contributed by atoms with van der Waals surface area (Å²) >= 11 is 0. The van der Waals surface area contributed by atoms with E-state index in [9.17, 15) is 28.8 Å². The predicted octanol–water partition coefficient (Wildman–Crippen LogP) is 3.75. The number of halogens is 1. The number of aryl methyl sites for hydroxylation is 1. The molecule has 0 spiro atoms. The second-order valence-electron chi connectivity index (χ2n) is 7.99. The van der Waals surface area contributed by atoms with Crippen LogP contribution in [0.2, 0.25) is 0 Å². The van der Waals surface area contributed by atoms with Crippen LogP contribution in [0.1, 0.15) is 11.1 Å². The van der Waals surface area contributed by atoms with E-state index in [2.05, 4.69) is 5.32 Å². The monoisotopic (exact) mass is 498 g/mol. The zero-order chi connectivity index (χ0) is 26.5. The zero-order valence-corrected chi connectivity index (χ0v) is 19.4. The Kier molecular flexibility index (Phi) is 7.06. The van der Waals surface area contributed by atoms with Crippen molar-refractivity contribution in [1.29, 1.82) is 5.26 Å². The molecule has 0 radical (unpaired) electrons. The van der Waals surface area contributed by atoms with Crippen LogP contribution in [-0.4, -0.2) is 23.8 Å². The highest BCUT2D eigenvalue weighted by atomic mass is 19.1. The van der Waals surface area contributed by atoms with Crippen molar-refractivity contribution in [1.82, 2.24) is 5.32 Å². The number of benzene rings is 3. The molecule has 0 aromatic heterocycles. The lowest BCUT2D eigenvalue weighted by molar-refractivity contribution is -0.123. The van der Waals surface area contributed by atoms with Gasteiger partial charge in [0.1, 0.15) is 35.4 Å². The third-order valence-corrected chi connectivity index (χ3v) is 5.38. The van der Waals surface area contributed by atoms with E-state index in [1.165, 1.54) is 36.4 Å². The van der Waals surface area contributed by atoms with Crippen molar-refractivity contribution in [3.63, 3.8) is 0 Å². The summed E-state index contributed by atoms with van der Waals surface area (Å²) < 4.78 is 18.9. The van der Waals surface area contributed by atoms with Crippen LogP contribution in [0.5, 0.6) is 5.75 Å². The second kappa shape index (κ2) is 10.5. The Bertz CT molecular complexity index is 1460. The minimum absolute atomic E-state index is 0.0893. The Morgan fingerprint density at radius 2 is 1.65 bits per heavy atom. The summed E-state index contributed by atoms with van der Waals surface area (Å²) in [6.45, 7) is 2.28. The first-order chi connectivity index (χ1) is 17.8. The van der Waals surface area contributed by atoms with Crippen molar-refractivity contribution in [3.8, 4) is 11.8 Å². The Balaban J connectivity index is 1.55. The number of barbiturate groups is 1. The SMILES string of the molecule is Cc1ccc(COc2ccc(N3C(=O)NC(=O)/C(=C(/C#N)C(=O)Nc4ccc(F)cc4)C3=O)cc2)cc1.